The van der Waals surface area contributed by atoms with Gasteiger partial charge in [0.1, 0.15) is 0 Å². The maximum Gasteiger partial charge on any atom is 0.306 e. The topological polar surface area (TPSA) is 65.0 Å². The fourth-order valence-corrected chi connectivity index (χ4v) is 1.20. The molecule has 16 heavy (non-hydrogen) atoms. The first-order valence-electron chi connectivity index (χ1n) is 4.74. The van der Waals surface area contributed by atoms with E-state index in [4.69, 9.17) is 19.3 Å². The van der Waals surface area contributed by atoms with Gasteiger partial charge >= 0.3 is 5.97 Å². The van der Waals surface area contributed by atoms with Gasteiger partial charge in [-0.25, -0.2) is 0 Å². The summed E-state index contributed by atoms with van der Waals surface area (Å²) >= 11 is 0. The maximum atomic E-state index is 10.4. The number of benzene rings is 1. The van der Waals surface area contributed by atoms with Gasteiger partial charge in [-0.1, -0.05) is 6.07 Å². The predicted molar refractivity (Wildman–Crippen MR) is 57.3 cm³/mol. The van der Waals surface area contributed by atoms with E-state index in [1.807, 2.05) is 0 Å². The number of hydrogen-bond donors (Lipinski definition) is 1. The summed E-state index contributed by atoms with van der Waals surface area (Å²) in [5.74, 6) is 0.553. The second-order valence-corrected chi connectivity index (χ2v) is 2.98. The zero-order valence-electron chi connectivity index (χ0n) is 9.23. The van der Waals surface area contributed by atoms with E-state index in [1.54, 1.807) is 18.2 Å². The number of carboxylic acid groups (broad SMARTS) is 1. The Hall–Kier alpha value is -1.91. The van der Waals surface area contributed by atoms with Crippen molar-refractivity contribution in [3.05, 3.63) is 18.2 Å². The molecule has 1 aromatic carbocycles. The molecule has 0 aliphatic rings. The number of hydrogen-bond acceptors (Lipinski definition) is 4. The molecule has 88 valence electrons. The van der Waals surface area contributed by atoms with Crippen LogP contribution in [0.2, 0.25) is 0 Å². The number of carboxylic acids is 1. The summed E-state index contributed by atoms with van der Waals surface area (Å²) in [6, 6.07) is 5.21. The Bertz CT molecular complexity index is 339. The van der Waals surface area contributed by atoms with Gasteiger partial charge in [0.05, 0.1) is 27.2 Å². The molecule has 0 bridgehead atoms. The second kappa shape index (κ2) is 5.85. The largest absolute Gasteiger partial charge is 0.493 e. The zero-order chi connectivity index (χ0) is 12.0. The van der Waals surface area contributed by atoms with E-state index in [-0.39, 0.29) is 13.0 Å². The first-order valence-corrected chi connectivity index (χ1v) is 4.74. The molecule has 1 aromatic rings. The molecule has 0 spiro atoms. The summed E-state index contributed by atoms with van der Waals surface area (Å²) < 4.78 is 15.5. The second-order valence-electron chi connectivity index (χ2n) is 2.98. The smallest absolute Gasteiger partial charge is 0.306 e. The number of methoxy groups -OCH3 is 2. The lowest BCUT2D eigenvalue weighted by atomic mass is 10.3. The summed E-state index contributed by atoms with van der Waals surface area (Å²) in [6.45, 7) is 0.0755. The third-order valence-corrected chi connectivity index (χ3v) is 1.94. The minimum absolute atomic E-state index is 0.0683. The molecule has 1 rings (SSSR count). The Morgan fingerprint density at radius 2 is 1.81 bits per heavy atom. The van der Waals surface area contributed by atoms with Crippen LogP contribution in [0.1, 0.15) is 6.42 Å². The van der Waals surface area contributed by atoms with Gasteiger partial charge in [-0.15, -0.1) is 0 Å². The number of rotatable bonds is 6. The normalized spacial score (nSPS) is 9.62. The van der Waals surface area contributed by atoms with E-state index < -0.39 is 5.97 Å². The van der Waals surface area contributed by atoms with Gasteiger partial charge in [-0.3, -0.25) is 4.79 Å². The molecule has 0 saturated carbocycles. The van der Waals surface area contributed by atoms with E-state index >= 15 is 0 Å². The average molecular weight is 226 g/mol. The van der Waals surface area contributed by atoms with Crippen LogP contribution in [0, 0.1) is 0 Å². The van der Waals surface area contributed by atoms with E-state index in [0.29, 0.717) is 17.2 Å². The fourth-order valence-electron chi connectivity index (χ4n) is 1.20. The molecule has 0 atom stereocenters. The summed E-state index contributed by atoms with van der Waals surface area (Å²) in [5, 5.41) is 8.50. The van der Waals surface area contributed by atoms with Gasteiger partial charge in [-0.05, 0) is 12.1 Å². The van der Waals surface area contributed by atoms with Crippen molar-refractivity contribution < 1.29 is 24.1 Å². The highest BCUT2D eigenvalue weighted by atomic mass is 16.5. The van der Waals surface area contributed by atoms with Gasteiger partial charge in [0.25, 0.3) is 0 Å². The van der Waals surface area contributed by atoms with Gasteiger partial charge in [0.15, 0.2) is 11.5 Å². The number of carbonyl (C=O) groups is 1. The summed E-state index contributed by atoms with van der Waals surface area (Å²) in [5.41, 5.74) is 0. The van der Waals surface area contributed by atoms with Crippen LogP contribution in [0.25, 0.3) is 0 Å². The van der Waals surface area contributed by atoms with E-state index in [1.165, 1.54) is 14.2 Å². The number of para-hydroxylation sites is 1. The molecular formula is C11H14O5. The molecule has 0 radical (unpaired) electrons. The Morgan fingerprint density at radius 1 is 1.25 bits per heavy atom. The van der Waals surface area contributed by atoms with Crippen LogP contribution in [-0.4, -0.2) is 31.9 Å². The molecule has 1 N–H and O–H groups in total. The van der Waals surface area contributed by atoms with Crippen molar-refractivity contribution in [3.63, 3.8) is 0 Å². The lowest BCUT2D eigenvalue weighted by Gasteiger charge is -2.13. The Morgan fingerprint density at radius 3 is 2.25 bits per heavy atom. The van der Waals surface area contributed by atoms with E-state index in [0.717, 1.165) is 0 Å². The predicted octanol–water partition coefficient (Wildman–Crippen LogP) is 1.56. The first kappa shape index (κ1) is 12.2. The van der Waals surface area contributed by atoms with Gasteiger partial charge in [0, 0.05) is 0 Å². The Balaban J connectivity index is 2.78. The van der Waals surface area contributed by atoms with Crippen molar-refractivity contribution in [2.24, 2.45) is 0 Å². The zero-order valence-corrected chi connectivity index (χ0v) is 9.23. The minimum atomic E-state index is -0.908. The van der Waals surface area contributed by atoms with Gasteiger partial charge in [-0.2, -0.15) is 0 Å². The molecule has 0 aromatic heterocycles. The van der Waals surface area contributed by atoms with Crippen molar-refractivity contribution in [1.82, 2.24) is 0 Å². The van der Waals surface area contributed by atoms with Crippen LogP contribution in [-0.2, 0) is 4.79 Å². The van der Waals surface area contributed by atoms with Crippen molar-refractivity contribution in [2.45, 2.75) is 6.42 Å². The highest BCUT2D eigenvalue weighted by molar-refractivity contribution is 5.66. The molecule has 0 aliphatic heterocycles. The molecule has 0 amide bonds. The van der Waals surface area contributed by atoms with Crippen molar-refractivity contribution >= 4 is 5.97 Å². The molecule has 5 nitrogen and oxygen atoms in total. The van der Waals surface area contributed by atoms with Gasteiger partial charge in [0.2, 0.25) is 5.75 Å². The van der Waals surface area contributed by atoms with Crippen molar-refractivity contribution in [3.8, 4) is 17.2 Å². The van der Waals surface area contributed by atoms with Crippen LogP contribution in [0.4, 0.5) is 0 Å². The standard InChI is InChI=1S/C11H14O5/c1-14-8-4-3-5-9(15-2)11(8)16-7-6-10(12)13/h3-5H,6-7H2,1-2H3,(H,12,13). The average Bonchev–Trinajstić information content (AvgIpc) is 2.28. The van der Waals surface area contributed by atoms with E-state index in [2.05, 4.69) is 0 Å². The third-order valence-electron chi connectivity index (χ3n) is 1.94. The first-order chi connectivity index (χ1) is 7.69. The van der Waals surface area contributed by atoms with Crippen molar-refractivity contribution in [1.29, 1.82) is 0 Å². The van der Waals surface area contributed by atoms with Crippen molar-refractivity contribution in [2.75, 3.05) is 20.8 Å². The highest BCUT2D eigenvalue weighted by Crippen LogP contribution is 2.36. The van der Waals surface area contributed by atoms with Gasteiger partial charge < -0.3 is 19.3 Å². The van der Waals surface area contributed by atoms with Crippen LogP contribution in [0.3, 0.4) is 0 Å². The number of ether oxygens (including phenoxy) is 3. The van der Waals surface area contributed by atoms with E-state index in [9.17, 15) is 4.79 Å². The molecule has 0 heterocycles. The quantitative estimate of drug-likeness (QED) is 0.797. The monoisotopic (exact) mass is 226 g/mol. The molecule has 0 saturated heterocycles. The Kier molecular flexibility index (Phi) is 4.44. The SMILES string of the molecule is COc1cccc(OC)c1OCCC(=O)O. The summed E-state index contributed by atoms with van der Waals surface area (Å²) in [7, 11) is 3.03. The lowest BCUT2D eigenvalue weighted by Crippen LogP contribution is -2.06. The molecule has 0 fully saturated rings. The molecule has 5 heteroatoms. The molecule has 0 unspecified atom stereocenters. The Labute approximate surface area is 93.6 Å². The summed E-state index contributed by atoms with van der Waals surface area (Å²) in [4.78, 5) is 10.4. The highest BCUT2D eigenvalue weighted by Gasteiger charge is 2.11. The van der Waals surface area contributed by atoms with Crippen LogP contribution >= 0.6 is 0 Å². The minimum Gasteiger partial charge on any atom is -0.493 e. The van der Waals surface area contributed by atoms with Crippen LogP contribution < -0.4 is 14.2 Å². The third kappa shape index (κ3) is 3.05. The molecular weight excluding hydrogens is 212 g/mol. The number of aliphatic carboxylic acids is 1. The molecule has 0 aliphatic carbocycles. The van der Waals surface area contributed by atoms with Crippen LogP contribution in [0.15, 0.2) is 18.2 Å². The van der Waals surface area contributed by atoms with Crippen LogP contribution in [0.5, 0.6) is 17.2 Å². The fraction of sp³-hybridized carbons (Fsp3) is 0.364. The maximum absolute atomic E-state index is 10.4. The lowest BCUT2D eigenvalue weighted by molar-refractivity contribution is -0.137. The summed E-state index contributed by atoms with van der Waals surface area (Å²) in [6.07, 6.45) is -0.0683.